The highest BCUT2D eigenvalue weighted by molar-refractivity contribution is 7.90. The lowest BCUT2D eigenvalue weighted by atomic mass is 9.93. The van der Waals surface area contributed by atoms with Crippen LogP contribution in [0.25, 0.3) is 10.9 Å². The van der Waals surface area contributed by atoms with E-state index in [1.165, 1.54) is 6.07 Å². The van der Waals surface area contributed by atoms with Crippen molar-refractivity contribution >= 4 is 28.0 Å². The van der Waals surface area contributed by atoms with Crippen molar-refractivity contribution in [3.8, 4) is 0 Å². The molecule has 34 heavy (non-hydrogen) atoms. The molecule has 8 heteroatoms. The van der Waals surface area contributed by atoms with Gasteiger partial charge in [-0.05, 0) is 41.0 Å². The predicted molar refractivity (Wildman–Crippen MR) is 128 cm³/mol. The van der Waals surface area contributed by atoms with Gasteiger partial charge in [-0.15, -0.1) is 0 Å². The van der Waals surface area contributed by atoms with E-state index in [1.807, 2.05) is 41.4 Å². The molecular weight excluding hydrogens is 451 g/mol. The van der Waals surface area contributed by atoms with E-state index in [-0.39, 0.29) is 17.8 Å². The molecule has 2 unspecified atom stereocenters. The van der Waals surface area contributed by atoms with Crippen molar-refractivity contribution < 1.29 is 13.7 Å². The number of nitrogens with one attached hydrogen (secondary N) is 1. The van der Waals surface area contributed by atoms with Crippen LogP contribution in [0.1, 0.15) is 33.1 Å². The fourth-order valence-electron chi connectivity index (χ4n) is 5.14. The van der Waals surface area contributed by atoms with E-state index in [2.05, 4.69) is 14.9 Å². The SMILES string of the molecule is O=C(c1cncc2cc[nH]c12)N1CCN(C2c3cc(F)ccc3C[S+]([O-])c3ccccc32)CC1. The van der Waals surface area contributed by atoms with Gasteiger partial charge in [0.2, 0.25) is 0 Å². The minimum Gasteiger partial charge on any atom is -0.611 e. The Morgan fingerprint density at radius 2 is 1.88 bits per heavy atom. The quantitative estimate of drug-likeness (QED) is 0.448. The summed E-state index contributed by atoms with van der Waals surface area (Å²) in [4.78, 5) is 25.6. The van der Waals surface area contributed by atoms with Crippen molar-refractivity contribution in [2.24, 2.45) is 0 Å². The maximum atomic E-state index is 14.3. The molecule has 2 aliphatic rings. The second kappa shape index (κ2) is 8.54. The molecule has 2 atom stereocenters. The number of aromatic amines is 1. The van der Waals surface area contributed by atoms with Crippen LogP contribution < -0.4 is 0 Å². The van der Waals surface area contributed by atoms with Gasteiger partial charge in [0.1, 0.15) is 11.6 Å². The molecule has 0 radical (unpaired) electrons. The van der Waals surface area contributed by atoms with Crippen LogP contribution in [0.2, 0.25) is 0 Å². The van der Waals surface area contributed by atoms with Crippen LogP contribution in [0.4, 0.5) is 4.39 Å². The number of piperazine rings is 1. The molecule has 0 saturated carbocycles. The van der Waals surface area contributed by atoms with Crippen molar-refractivity contribution in [3.05, 3.63) is 95.2 Å². The molecule has 4 heterocycles. The van der Waals surface area contributed by atoms with Crippen LogP contribution in [0.5, 0.6) is 0 Å². The number of halogens is 1. The van der Waals surface area contributed by atoms with Crippen LogP contribution >= 0.6 is 0 Å². The number of pyridine rings is 1. The Morgan fingerprint density at radius 3 is 2.74 bits per heavy atom. The van der Waals surface area contributed by atoms with Gasteiger partial charge in [0.25, 0.3) is 5.91 Å². The summed E-state index contributed by atoms with van der Waals surface area (Å²) in [5.41, 5.74) is 4.08. The normalized spacial score (nSPS) is 20.6. The lowest BCUT2D eigenvalue weighted by Crippen LogP contribution is -2.50. The number of amides is 1. The molecule has 1 saturated heterocycles. The molecule has 6 nitrogen and oxygen atoms in total. The van der Waals surface area contributed by atoms with E-state index in [1.54, 1.807) is 24.5 Å². The van der Waals surface area contributed by atoms with Crippen molar-refractivity contribution in [3.63, 3.8) is 0 Å². The highest BCUT2D eigenvalue weighted by Gasteiger charge is 2.36. The number of hydrogen-bond donors (Lipinski definition) is 1. The Labute approximate surface area is 199 Å². The number of nitrogens with zero attached hydrogens (tertiary/aromatic N) is 3. The third-order valence-electron chi connectivity index (χ3n) is 6.81. The molecule has 2 aromatic carbocycles. The maximum Gasteiger partial charge on any atom is 0.257 e. The first-order valence-electron chi connectivity index (χ1n) is 11.3. The summed E-state index contributed by atoms with van der Waals surface area (Å²) in [6.07, 6.45) is 5.17. The maximum absolute atomic E-state index is 14.3. The van der Waals surface area contributed by atoms with Crippen LogP contribution in [-0.4, -0.2) is 56.4 Å². The number of benzene rings is 2. The van der Waals surface area contributed by atoms with Gasteiger partial charge in [-0.2, -0.15) is 0 Å². The van der Waals surface area contributed by atoms with Gasteiger partial charge >= 0.3 is 0 Å². The molecule has 172 valence electrons. The molecule has 1 N–H and O–H groups in total. The fourth-order valence-corrected chi connectivity index (χ4v) is 6.51. The number of hydrogen-bond acceptors (Lipinski definition) is 4. The minimum absolute atomic E-state index is 0.0472. The Balaban J connectivity index is 1.31. The number of carbonyl (C=O) groups excluding carboxylic acids is 1. The molecule has 0 aliphatic carbocycles. The zero-order valence-corrected chi connectivity index (χ0v) is 19.2. The Kier molecular flexibility index (Phi) is 5.36. The van der Waals surface area contributed by atoms with Crippen molar-refractivity contribution in [2.45, 2.75) is 16.7 Å². The van der Waals surface area contributed by atoms with E-state index in [0.29, 0.717) is 37.5 Å². The topological polar surface area (TPSA) is 75.3 Å². The average molecular weight is 475 g/mol. The van der Waals surface area contributed by atoms with Crippen LogP contribution in [0.3, 0.4) is 0 Å². The van der Waals surface area contributed by atoms with Crippen LogP contribution in [0.15, 0.2) is 72.0 Å². The van der Waals surface area contributed by atoms with E-state index >= 15 is 0 Å². The summed E-state index contributed by atoms with van der Waals surface area (Å²) in [6, 6.07) is 14.2. The fraction of sp³-hybridized carbons (Fsp3) is 0.231. The highest BCUT2D eigenvalue weighted by Crippen LogP contribution is 2.40. The average Bonchev–Trinajstić information content (AvgIpc) is 3.31. The highest BCUT2D eigenvalue weighted by atomic mass is 32.2. The monoisotopic (exact) mass is 474 g/mol. The van der Waals surface area contributed by atoms with Crippen molar-refractivity contribution in [1.82, 2.24) is 19.8 Å². The van der Waals surface area contributed by atoms with Gasteiger partial charge in [-0.1, -0.05) is 24.3 Å². The Bertz CT molecular complexity index is 1380. The van der Waals surface area contributed by atoms with Gasteiger partial charge in [0.15, 0.2) is 4.90 Å². The summed E-state index contributed by atoms with van der Waals surface area (Å²) in [5, 5.41) is 0.909. The standard InChI is InChI=1S/C26H23FN4O2S/c27-19-6-5-18-16-34(33)23-4-2-1-3-20(23)25(21(18)13-19)30-9-11-31(12-10-30)26(32)22-15-28-14-17-7-8-29-24(17)22/h1-8,13-15,25,29H,9-12,16H2. The third kappa shape index (κ3) is 3.58. The largest absolute Gasteiger partial charge is 0.611 e. The van der Waals surface area contributed by atoms with E-state index in [0.717, 1.165) is 32.5 Å². The zero-order chi connectivity index (χ0) is 23.2. The van der Waals surface area contributed by atoms with Gasteiger partial charge in [-0.25, -0.2) is 4.39 Å². The Morgan fingerprint density at radius 1 is 1.06 bits per heavy atom. The zero-order valence-electron chi connectivity index (χ0n) is 18.4. The van der Waals surface area contributed by atoms with Crippen molar-refractivity contribution in [2.75, 3.05) is 26.2 Å². The molecule has 1 fully saturated rings. The van der Waals surface area contributed by atoms with E-state index in [4.69, 9.17) is 0 Å². The molecule has 4 aromatic rings. The first kappa shape index (κ1) is 21.3. The Hall–Kier alpha value is -3.20. The molecule has 0 bridgehead atoms. The summed E-state index contributed by atoms with van der Waals surface area (Å²) in [6.45, 7) is 2.34. The first-order chi connectivity index (χ1) is 16.6. The first-order valence-corrected chi connectivity index (χ1v) is 12.6. The molecule has 0 spiro atoms. The third-order valence-corrected chi connectivity index (χ3v) is 8.25. The number of rotatable bonds is 2. The second-order valence-corrected chi connectivity index (χ2v) is 10.2. The van der Waals surface area contributed by atoms with Gasteiger partial charge < -0.3 is 14.4 Å². The lowest BCUT2D eigenvalue weighted by molar-refractivity contribution is 0.0597. The molecule has 2 aromatic heterocycles. The van der Waals surface area contributed by atoms with E-state index < -0.39 is 11.2 Å². The summed E-state index contributed by atoms with van der Waals surface area (Å²) in [5.74, 6) is 0.0256. The van der Waals surface area contributed by atoms with Crippen LogP contribution in [0, 0.1) is 5.82 Å². The second-order valence-electron chi connectivity index (χ2n) is 8.73. The molecule has 6 rings (SSSR count). The predicted octanol–water partition coefficient (Wildman–Crippen LogP) is 3.87. The number of fused-ring (bicyclic) bond motifs is 3. The molecule has 2 aliphatic heterocycles. The molecule has 1 amide bonds. The minimum atomic E-state index is -1.20. The number of carbonyl (C=O) groups is 1. The lowest BCUT2D eigenvalue weighted by Gasteiger charge is -2.39. The smallest absolute Gasteiger partial charge is 0.257 e. The van der Waals surface area contributed by atoms with Gasteiger partial charge in [0, 0.05) is 61.3 Å². The van der Waals surface area contributed by atoms with Gasteiger partial charge in [0.05, 0.1) is 17.1 Å². The summed E-state index contributed by atoms with van der Waals surface area (Å²) < 4.78 is 27.4. The van der Waals surface area contributed by atoms with E-state index in [9.17, 15) is 13.7 Å². The number of aromatic nitrogens is 2. The summed E-state index contributed by atoms with van der Waals surface area (Å²) >= 11 is -1.20. The molecular formula is C26H23FN4O2S. The van der Waals surface area contributed by atoms with Crippen molar-refractivity contribution in [1.29, 1.82) is 0 Å². The summed E-state index contributed by atoms with van der Waals surface area (Å²) in [7, 11) is 0. The van der Waals surface area contributed by atoms with Crippen LogP contribution in [-0.2, 0) is 16.9 Å². The van der Waals surface area contributed by atoms with Gasteiger partial charge in [-0.3, -0.25) is 14.7 Å². The number of H-pyrrole nitrogens is 1.